The zero-order chi connectivity index (χ0) is 48.9. The Hall–Kier alpha value is -4.56. The third-order valence-electron chi connectivity index (χ3n) is 14.8. The van der Waals surface area contributed by atoms with Gasteiger partial charge < -0.3 is 45.2 Å². The molecule has 364 valence electrons. The van der Waals surface area contributed by atoms with Crippen LogP contribution in [0, 0.1) is 54.6 Å². The smallest absolute Gasteiger partial charge is 0.681 e. The number of aliphatic hydroxyl groups excluding tert-OH is 2. The first-order valence-electron chi connectivity index (χ1n) is 24.6. The summed E-state index contributed by atoms with van der Waals surface area (Å²) in [5.41, 5.74) is 5.46. The number of nitrogens with zero attached hydrogens (tertiary/aromatic N) is 3. The van der Waals surface area contributed by atoms with Crippen LogP contribution in [-0.4, -0.2) is 70.7 Å². The third-order valence-corrected chi connectivity index (χ3v) is 14.8. The third kappa shape index (κ3) is 11.4. The molecule has 0 aromatic carbocycles. The van der Waals surface area contributed by atoms with Crippen LogP contribution < -0.4 is 25.7 Å². The molecule has 8 bridgehead atoms. The molecule has 6 rings (SSSR count). The molecular formula is C55H73MgN4O8-. The molecule has 1 aliphatic carbocycles. The molecule has 1 saturated heterocycles. The minimum Gasteiger partial charge on any atom is -0.681 e. The number of nitrogens with one attached hydrogen (secondary N) is 1. The fraction of sp³-hybridized carbons (Fsp3) is 0.545. The number of ketones is 1. The van der Waals surface area contributed by atoms with Gasteiger partial charge >= 0.3 is 35.0 Å². The number of carbonyl (C=O) groups excluding carboxylic acids is 3. The van der Waals surface area contributed by atoms with E-state index >= 15 is 0 Å². The van der Waals surface area contributed by atoms with Gasteiger partial charge in [-0.2, -0.15) is 5.70 Å². The van der Waals surface area contributed by atoms with Gasteiger partial charge in [-0.3, -0.25) is 14.4 Å². The second-order valence-corrected chi connectivity index (χ2v) is 19.9. The summed E-state index contributed by atoms with van der Waals surface area (Å²) in [5, 5.41) is 42.0. The van der Waals surface area contributed by atoms with E-state index in [1.54, 1.807) is 19.1 Å². The van der Waals surface area contributed by atoms with E-state index in [9.17, 15) is 29.8 Å². The van der Waals surface area contributed by atoms with Crippen molar-refractivity contribution in [2.75, 3.05) is 13.7 Å². The predicted octanol–water partition coefficient (Wildman–Crippen LogP) is 8.90. The van der Waals surface area contributed by atoms with Gasteiger partial charge in [-0.15, -0.1) is 16.4 Å². The van der Waals surface area contributed by atoms with Crippen molar-refractivity contribution < 1.29 is 39.1 Å². The number of allylic oxidation sites excluding steroid dienone is 4. The maximum atomic E-state index is 14.4. The number of ether oxygens (including phenoxy) is 2. The molecule has 4 aliphatic rings. The minimum absolute atomic E-state index is 0. The Morgan fingerprint density at radius 3 is 2.26 bits per heavy atom. The van der Waals surface area contributed by atoms with E-state index in [1.807, 2.05) is 32.9 Å². The number of aliphatic hydroxyl groups is 2. The monoisotopic (exact) mass is 942 g/mol. The molecule has 7 atom stereocenters. The Labute approximate surface area is 419 Å². The van der Waals surface area contributed by atoms with Gasteiger partial charge in [0.25, 0.3) is 0 Å². The first-order chi connectivity index (χ1) is 32.0. The number of Topliss-reactive ketones (excluding diaryl/α,β-unsaturated/α-hetero) is 1. The first-order valence-corrected chi connectivity index (χ1v) is 24.6. The van der Waals surface area contributed by atoms with Crippen molar-refractivity contribution in [3.63, 3.8) is 0 Å². The fourth-order valence-corrected chi connectivity index (χ4v) is 10.6. The minimum atomic E-state index is -1.31. The van der Waals surface area contributed by atoms with Gasteiger partial charge in [0.1, 0.15) is 18.2 Å². The topological polar surface area (TPSA) is 180 Å². The van der Waals surface area contributed by atoms with Crippen LogP contribution in [0.15, 0.2) is 52.7 Å². The van der Waals surface area contributed by atoms with E-state index in [4.69, 9.17) is 24.8 Å². The predicted molar refractivity (Wildman–Crippen MR) is 270 cm³/mol. The molecule has 2 aromatic heterocycles. The molecule has 0 amide bonds. The van der Waals surface area contributed by atoms with Gasteiger partial charge in [0.15, 0.2) is 17.2 Å². The van der Waals surface area contributed by atoms with Crippen molar-refractivity contribution in [1.82, 2.24) is 9.97 Å². The van der Waals surface area contributed by atoms with E-state index in [2.05, 4.69) is 41.2 Å². The summed E-state index contributed by atoms with van der Waals surface area (Å²) in [7, 11) is 1.24. The second kappa shape index (κ2) is 23.8. The summed E-state index contributed by atoms with van der Waals surface area (Å²) in [5.74, 6) is -1.66. The standard InChI is InChI=1S/C55H73N4O8.Mg/c1-12-37-34(8)41-27-42-35(9)39(23-24-45(61)67-26-25-33(7)22-16-21-32(6)20-15-19-31(5)18-14-17-30(3)4)49(56-42)47-48(55(64)66-11)53(62)46-36(10)43(58-51(46)47)28-44-38(13-2)40(29-60)52(59(44)65)54(63)50(37)57-41;/h12,25,27-32,35,39,48-49,59,63H,1,13-24,26H2,2-11H3,(H,60,62);/q-3;+2/b33-25+,42-27+,54-52+;/t31-,32-,35+,39+,48-,49?;/m1./s1. The van der Waals surface area contributed by atoms with E-state index in [1.165, 1.54) is 57.6 Å². The average Bonchev–Trinajstić information content (AvgIpc) is 4.04. The average molecular weight is 943 g/mol. The molecule has 13 heteroatoms. The number of quaternary nitrogens is 1. The van der Waals surface area contributed by atoms with Gasteiger partial charge in [-0.05, 0) is 93.8 Å². The number of hydrogen-bond acceptors (Lipinski definition) is 8. The number of carbonyl (C=O) groups is 3. The molecule has 3 N–H and O–H groups in total. The van der Waals surface area contributed by atoms with Crippen molar-refractivity contribution in [2.24, 2.45) is 35.5 Å². The number of hydroxylamine groups is 2. The quantitative estimate of drug-likeness (QED) is 0.0290. The van der Waals surface area contributed by atoms with E-state index in [0.29, 0.717) is 68.7 Å². The van der Waals surface area contributed by atoms with E-state index in [0.717, 1.165) is 30.9 Å². The molecular weight excluding hydrogens is 869 g/mol. The molecule has 2 aromatic rings. The zero-order valence-corrected chi connectivity index (χ0v) is 43.6. The molecule has 0 saturated carbocycles. The second-order valence-electron chi connectivity index (χ2n) is 19.9. The van der Waals surface area contributed by atoms with Crippen molar-refractivity contribution in [1.29, 1.82) is 0 Å². The molecule has 5 heterocycles. The van der Waals surface area contributed by atoms with Crippen LogP contribution in [0.2, 0.25) is 0 Å². The van der Waals surface area contributed by atoms with Crippen molar-refractivity contribution in [2.45, 2.75) is 145 Å². The van der Waals surface area contributed by atoms with Crippen molar-refractivity contribution in [3.8, 4) is 0 Å². The molecule has 2 unspecified atom stereocenters. The van der Waals surface area contributed by atoms with Crippen LogP contribution in [-0.2, 0) is 19.1 Å². The van der Waals surface area contributed by atoms with Crippen LogP contribution in [0.3, 0.4) is 0 Å². The van der Waals surface area contributed by atoms with E-state index < -0.39 is 34.5 Å². The maximum Gasteiger partial charge on any atom is 2.00 e. The number of esters is 2. The molecule has 1 fully saturated rings. The molecule has 3 aliphatic heterocycles. The van der Waals surface area contributed by atoms with Gasteiger partial charge in [0.2, 0.25) is 0 Å². The fourth-order valence-electron chi connectivity index (χ4n) is 10.6. The van der Waals surface area contributed by atoms with Crippen molar-refractivity contribution in [3.05, 3.63) is 108 Å². The van der Waals surface area contributed by atoms with Crippen molar-refractivity contribution >= 4 is 70.3 Å². The Balaban J connectivity index is 0.00000864. The van der Waals surface area contributed by atoms with Crippen LogP contribution in [0.4, 0.5) is 0 Å². The van der Waals surface area contributed by atoms with Crippen LogP contribution >= 0.6 is 0 Å². The zero-order valence-electron chi connectivity index (χ0n) is 42.2. The number of methoxy groups -OCH3 is 1. The van der Waals surface area contributed by atoms with Crippen LogP contribution in [0.5, 0.6) is 0 Å². The number of aromatic nitrogens is 2. The summed E-state index contributed by atoms with van der Waals surface area (Å²) in [4.78, 5) is 51.3. The summed E-state index contributed by atoms with van der Waals surface area (Å²) in [6.07, 6.45) is 19.6. The number of rotatable bonds is 20. The maximum absolute atomic E-state index is 14.4. The van der Waals surface area contributed by atoms with Gasteiger partial charge in [0, 0.05) is 17.6 Å². The Kier molecular flexibility index (Phi) is 19.1. The van der Waals surface area contributed by atoms with Gasteiger partial charge in [0.05, 0.1) is 18.9 Å². The van der Waals surface area contributed by atoms with E-state index in [-0.39, 0.29) is 82.1 Å². The Morgan fingerprint density at radius 1 is 0.985 bits per heavy atom. The molecule has 0 spiro atoms. The van der Waals surface area contributed by atoms with Crippen LogP contribution in [0.1, 0.15) is 164 Å². The van der Waals surface area contributed by atoms with Gasteiger partial charge in [-0.25, -0.2) is 0 Å². The van der Waals surface area contributed by atoms with Gasteiger partial charge in [-0.1, -0.05) is 139 Å². The summed E-state index contributed by atoms with van der Waals surface area (Å²) < 4.78 is 11.0. The number of hydrogen-bond donors (Lipinski definition) is 3. The largest absolute Gasteiger partial charge is 2.00 e. The SMILES string of the molecule is C=Cc1c2[n-]c(c1C)/C=C1/[N-]C(C3=c4[n-]\c(c(C)c4C(=O)[C@@H]3C(=O)OC)=C/C3=C(CC)/C(=C/O)C(=C/2O)/[NH+]3[O-])[C@@H](CCC(=O)OC/C=C(\C)CCC[C@H](C)CCC[C@H](C)CCCC(C)C)[C@@H]1C.[Mg+2]. The Morgan fingerprint density at radius 2 is 1.65 bits per heavy atom. The first kappa shape index (κ1) is 54.4. The summed E-state index contributed by atoms with van der Waals surface area (Å²) in [6.45, 7) is 23.0. The number of fused-ring (bicyclic) bond motifs is 8. The summed E-state index contributed by atoms with van der Waals surface area (Å²) >= 11 is 0. The molecule has 12 nitrogen and oxygen atoms in total. The normalized spacial score (nSPS) is 24.9. The van der Waals surface area contributed by atoms with Crippen LogP contribution in [0.25, 0.3) is 34.9 Å². The molecule has 68 heavy (non-hydrogen) atoms. The summed E-state index contributed by atoms with van der Waals surface area (Å²) in [6, 6.07) is -0.753. The Bertz CT molecular complexity index is 2520. The molecule has 0 radical (unpaired) electrons.